The minimum absolute atomic E-state index is 0.259. The first-order chi connectivity index (χ1) is 16.4. The lowest BCUT2D eigenvalue weighted by molar-refractivity contribution is -0.115. The SMILES string of the molecule is CNC(=O)C(=CN)c1cc(/C(=C/C(N)=NCc2ccc(Br)cc2)Nc2cccc(C)n2)ccn1. The van der Waals surface area contributed by atoms with Crippen molar-refractivity contribution in [2.45, 2.75) is 13.5 Å². The van der Waals surface area contributed by atoms with Crippen molar-refractivity contribution in [1.82, 2.24) is 15.3 Å². The monoisotopic (exact) mass is 519 g/mol. The van der Waals surface area contributed by atoms with Crippen molar-refractivity contribution in [3.05, 3.63) is 100 Å². The number of carbonyl (C=O) groups excluding carboxylic acids is 1. The van der Waals surface area contributed by atoms with Gasteiger partial charge in [0.25, 0.3) is 5.91 Å². The number of hydrogen-bond acceptors (Lipinski definition) is 6. The second-order valence-corrected chi connectivity index (χ2v) is 8.22. The van der Waals surface area contributed by atoms with Crippen LogP contribution in [0.15, 0.2) is 82.5 Å². The van der Waals surface area contributed by atoms with E-state index in [0.29, 0.717) is 29.6 Å². The Bertz CT molecular complexity index is 1250. The first-order valence-corrected chi connectivity index (χ1v) is 11.3. The number of halogens is 1. The molecule has 1 amide bonds. The zero-order chi connectivity index (χ0) is 24.5. The zero-order valence-electron chi connectivity index (χ0n) is 18.9. The van der Waals surface area contributed by atoms with Crippen LogP contribution in [0.2, 0.25) is 0 Å². The number of aliphatic imine (C=N–C) groups is 1. The molecule has 0 atom stereocenters. The van der Waals surface area contributed by atoms with Crippen LogP contribution in [0, 0.1) is 6.92 Å². The number of benzene rings is 1. The van der Waals surface area contributed by atoms with Crippen LogP contribution in [0.25, 0.3) is 11.3 Å². The number of amidine groups is 1. The average molecular weight is 520 g/mol. The van der Waals surface area contributed by atoms with Crippen LogP contribution in [0.4, 0.5) is 5.82 Å². The third-order valence-electron chi connectivity index (χ3n) is 4.79. The maximum Gasteiger partial charge on any atom is 0.254 e. The Morgan fingerprint density at radius 3 is 2.62 bits per heavy atom. The fourth-order valence-electron chi connectivity index (χ4n) is 3.07. The molecular weight excluding hydrogens is 494 g/mol. The first kappa shape index (κ1) is 24.7. The highest BCUT2D eigenvalue weighted by atomic mass is 79.9. The molecule has 3 aromatic rings. The van der Waals surface area contributed by atoms with Gasteiger partial charge in [-0.3, -0.25) is 14.8 Å². The summed E-state index contributed by atoms with van der Waals surface area (Å²) in [5.74, 6) is 0.644. The Morgan fingerprint density at radius 2 is 1.94 bits per heavy atom. The number of nitrogens with zero attached hydrogens (tertiary/aromatic N) is 3. The fraction of sp³-hybridized carbons (Fsp3) is 0.120. The molecule has 0 aliphatic carbocycles. The first-order valence-electron chi connectivity index (χ1n) is 10.5. The summed E-state index contributed by atoms with van der Waals surface area (Å²) < 4.78 is 1.00. The quantitative estimate of drug-likeness (QED) is 0.204. The molecule has 0 fully saturated rings. The molecule has 0 aliphatic rings. The largest absolute Gasteiger partial charge is 0.404 e. The minimum atomic E-state index is -0.332. The van der Waals surface area contributed by atoms with Gasteiger partial charge in [0.2, 0.25) is 0 Å². The summed E-state index contributed by atoms with van der Waals surface area (Å²) in [6.07, 6.45) is 4.57. The Hall–Kier alpha value is -3.98. The van der Waals surface area contributed by atoms with Gasteiger partial charge in [0.05, 0.1) is 23.5 Å². The van der Waals surface area contributed by atoms with E-state index in [1.165, 1.54) is 13.2 Å². The van der Waals surface area contributed by atoms with Gasteiger partial charge >= 0.3 is 0 Å². The van der Waals surface area contributed by atoms with Crippen molar-refractivity contribution in [1.29, 1.82) is 0 Å². The highest BCUT2D eigenvalue weighted by Crippen LogP contribution is 2.21. The molecule has 0 saturated heterocycles. The molecule has 2 aromatic heterocycles. The predicted molar refractivity (Wildman–Crippen MR) is 141 cm³/mol. The van der Waals surface area contributed by atoms with Crippen molar-refractivity contribution in [3.8, 4) is 0 Å². The molecule has 9 heteroatoms. The van der Waals surface area contributed by atoms with E-state index < -0.39 is 0 Å². The lowest BCUT2D eigenvalue weighted by Crippen LogP contribution is -2.20. The van der Waals surface area contributed by atoms with Gasteiger partial charge < -0.3 is 22.1 Å². The maximum atomic E-state index is 12.2. The topological polar surface area (TPSA) is 131 Å². The van der Waals surface area contributed by atoms with Crippen LogP contribution in [-0.2, 0) is 11.3 Å². The highest BCUT2D eigenvalue weighted by molar-refractivity contribution is 9.10. The summed E-state index contributed by atoms with van der Waals surface area (Å²) in [6, 6.07) is 17.1. The zero-order valence-corrected chi connectivity index (χ0v) is 20.5. The number of rotatable bonds is 8. The number of carbonyl (C=O) groups is 1. The van der Waals surface area contributed by atoms with E-state index in [1.807, 2.05) is 49.4 Å². The van der Waals surface area contributed by atoms with E-state index in [9.17, 15) is 4.79 Å². The van der Waals surface area contributed by atoms with Gasteiger partial charge in [-0.2, -0.15) is 0 Å². The van der Waals surface area contributed by atoms with Gasteiger partial charge in [-0.05, 0) is 48.9 Å². The number of aromatic nitrogens is 2. The van der Waals surface area contributed by atoms with E-state index in [0.717, 1.165) is 21.3 Å². The van der Waals surface area contributed by atoms with E-state index in [2.05, 4.69) is 41.5 Å². The van der Waals surface area contributed by atoms with Crippen molar-refractivity contribution < 1.29 is 4.79 Å². The van der Waals surface area contributed by atoms with Gasteiger partial charge in [-0.15, -0.1) is 0 Å². The molecule has 1 aromatic carbocycles. The van der Waals surface area contributed by atoms with Crippen molar-refractivity contribution >= 4 is 44.8 Å². The Morgan fingerprint density at radius 1 is 1.18 bits per heavy atom. The van der Waals surface area contributed by atoms with Crippen molar-refractivity contribution in [2.24, 2.45) is 16.5 Å². The van der Waals surface area contributed by atoms with Crippen LogP contribution in [-0.4, -0.2) is 28.8 Å². The van der Waals surface area contributed by atoms with Crippen LogP contribution < -0.4 is 22.1 Å². The molecule has 0 bridgehead atoms. The number of amides is 1. The summed E-state index contributed by atoms with van der Waals surface area (Å²) in [7, 11) is 1.54. The molecule has 2 heterocycles. The normalized spacial score (nSPS) is 12.4. The molecule has 34 heavy (non-hydrogen) atoms. The molecule has 0 aliphatic heterocycles. The molecule has 174 valence electrons. The van der Waals surface area contributed by atoms with Gasteiger partial charge in [0.1, 0.15) is 11.7 Å². The number of likely N-dealkylation sites (N-methyl/N-ethyl adjacent to an activating group) is 1. The van der Waals surface area contributed by atoms with E-state index in [4.69, 9.17) is 11.5 Å². The Kier molecular flexibility index (Phi) is 8.53. The van der Waals surface area contributed by atoms with Gasteiger partial charge in [0, 0.05) is 41.3 Å². The molecule has 0 spiro atoms. The molecule has 0 unspecified atom stereocenters. The Balaban J connectivity index is 1.98. The standard InChI is InChI=1S/C25H26BrN7O/c1-16-4-3-5-24(32-16)33-21(13-23(28)31-15-17-6-8-19(26)9-7-17)18-10-11-30-22(12-18)20(14-27)25(34)29-2/h3-14H,15,27H2,1-2H3,(H2,28,31)(H,29,34)(H,32,33)/b20-14?,21-13-. The predicted octanol–water partition coefficient (Wildman–Crippen LogP) is 3.60. The fourth-order valence-corrected chi connectivity index (χ4v) is 3.33. The third-order valence-corrected chi connectivity index (χ3v) is 5.31. The van der Waals surface area contributed by atoms with Crippen LogP contribution in [0.3, 0.4) is 0 Å². The summed E-state index contributed by atoms with van der Waals surface area (Å²) >= 11 is 3.43. The number of pyridine rings is 2. The van der Waals surface area contributed by atoms with Gasteiger partial charge in [-0.25, -0.2) is 4.98 Å². The molecule has 0 radical (unpaired) electrons. The second kappa shape index (κ2) is 11.8. The summed E-state index contributed by atoms with van der Waals surface area (Å²) in [6.45, 7) is 2.35. The van der Waals surface area contributed by atoms with E-state index in [-0.39, 0.29) is 11.5 Å². The minimum Gasteiger partial charge on any atom is -0.404 e. The molecular formula is C25H26BrN7O. The van der Waals surface area contributed by atoms with Crippen LogP contribution >= 0.6 is 15.9 Å². The molecule has 6 N–H and O–H groups in total. The van der Waals surface area contributed by atoms with E-state index in [1.54, 1.807) is 24.4 Å². The number of nitrogens with two attached hydrogens (primary N) is 2. The van der Waals surface area contributed by atoms with Crippen LogP contribution in [0.1, 0.15) is 22.5 Å². The maximum absolute atomic E-state index is 12.2. The Labute approximate surface area is 207 Å². The summed E-state index contributed by atoms with van der Waals surface area (Å²) in [5, 5.41) is 5.87. The third kappa shape index (κ3) is 6.76. The summed E-state index contributed by atoms with van der Waals surface area (Å²) in [4.78, 5) is 25.5. The summed E-state index contributed by atoms with van der Waals surface area (Å²) in [5.41, 5.74) is 15.9. The number of anilines is 1. The average Bonchev–Trinajstić information content (AvgIpc) is 2.84. The lowest BCUT2D eigenvalue weighted by atomic mass is 10.1. The molecule has 8 nitrogen and oxygen atoms in total. The number of nitrogens with one attached hydrogen (secondary N) is 2. The van der Waals surface area contributed by atoms with E-state index >= 15 is 0 Å². The van der Waals surface area contributed by atoms with Gasteiger partial charge in [0.15, 0.2) is 0 Å². The molecule has 3 rings (SSSR count). The lowest BCUT2D eigenvalue weighted by Gasteiger charge is -2.13. The smallest absolute Gasteiger partial charge is 0.254 e. The van der Waals surface area contributed by atoms with Crippen molar-refractivity contribution in [2.75, 3.05) is 12.4 Å². The number of hydrogen-bond donors (Lipinski definition) is 4. The van der Waals surface area contributed by atoms with Gasteiger partial charge in [-0.1, -0.05) is 34.1 Å². The second-order valence-electron chi connectivity index (χ2n) is 7.30. The van der Waals surface area contributed by atoms with Crippen molar-refractivity contribution in [3.63, 3.8) is 0 Å². The highest BCUT2D eigenvalue weighted by Gasteiger charge is 2.14. The number of aryl methyl sites for hydroxylation is 1. The molecule has 0 saturated carbocycles. The van der Waals surface area contributed by atoms with Crippen LogP contribution in [0.5, 0.6) is 0 Å².